The minimum absolute atomic E-state index is 0.259. The van der Waals surface area contributed by atoms with E-state index in [1.807, 2.05) is 24.5 Å². The third-order valence-corrected chi connectivity index (χ3v) is 5.56. The van der Waals surface area contributed by atoms with Gasteiger partial charge < -0.3 is 10.2 Å². The van der Waals surface area contributed by atoms with Gasteiger partial charge in [0.1, 0.15) is 5.15 Å². The molecule has 0 aliphatic carbocycles. The molecule has 140 valence electrons. The van der Waals surface area contributed by atoms with E-state index in [2.05, 4.69) is 46.4 Å². The molecule has 1 unspecified atom stereocenters. The van der Waals surface area contributed by atoms with E-state index in [0.29, 0.717) is 11.1 Å². The average molecular weight is 382 g/mol. The summed E-state index contributed by atoms with van der Waals surface area (Å²) in [6.07, 6.45) is 7.81. The lowest BCUT2D eigenvalue weighted by Crippen LogP contribution is -2.36. The van der Waals surface area contributed by atoms with Gasteiger partial charge in [-0.15, -0.1) is 0 Å². The Morgan fingerprint density at radius 1 is 1.15 bits per heavy atom. The van der Waals surface area contributed by atoms with E-state index in [1.165, 1.54) is 5.39 Å². The van der Waals surface area contributed by atoms with Crippen molar-refractivity contribution in [2.24, 2.45) is 5.92 Å². The molecule has 4 rings (SSSR count). The van der Waals surface area contributed by atoms with Crippen LogP contribution in [0.2, 0.25) is 5.15 Å². The van der Waals surface area contributed by atoms with Gasteiger partial charge in [0.2, 0.25) is 0 Å². The van der Waals surface area contributed by atoms with Gasteiger partial charge in [-0.3, -0.25) is 9.97 Å². The molecule has 1 aliphatic rings. The third-order valence-electron chi connectivity index (χ3n) is 5.35. The van der Waals surface area contributed by atoms with E-state index in [1.54, 1.807) is 6.20 Å². The standard InChI is InChI=1S/C21H24ClN5/c1-27(2)21(14-3-7-23-8-4-14)20-17-6-9-24-13-16(17)11-18(26-20)15-5-10-25-19(22)12-15/h5-6,9-14,21,23H,3-4,7-8H2,1-2H3. The average Bonchev–Trinajstić information content (AvgIpc) is 2.68. The Balaban J connectivity index is 1.89. The van der Waals surface area contributed by atoms with Crippen LogP contribution in [0.1, 0.15) is 24.6 Å². The SMILES string of the molecule is CN(C)C(c1nc(-c2ccnc(Cl)c2)cc2cnccc12)C1CCNCC1. The second-order valence-electron chi connectivity index (χ2n) is 7.35. The molecule has 0 bridgehead atoms. The first kappa shape index (κ1) is 18.3. The first-order chi connectivity index (χ1) is 13.1. The molecule has 0 amide bonds. The highest BCUT2D eigenvalue weighted by molar-refractivity contribution is 6.29. The molecule has 0 saturated carbocycles. The number of fused-ring (bicyclic) bond motifs is 1. The summed E-state index contributed by atoms with van der Waals surface area (Å²) in [5.41, 5.74) is 3.01. The molecule has 1 fully saturated rings. The normalized spacial score (nSPS) is 16.7. The van der Waals surface area contributed by atoms with Crippen LogP contribution >= 0.6 is 11.6 Å². The quantitative estimate of drug-likeness (QED) is 0.693. The first-order valence-corrected chi connectivity index (χ1v) is 9.75. The molecule has 4 heterocycles. The summed E-state index contributed by atoms with van der Waals surface area (Å²) in [5, 5.41) is 6.22. The van der Waals surface area contributed by atoms with Crippen LogP contribution in [0, 0.1) is 5.92 Å². The van der Waals surface area contributed by atoms with Crippen LogP contribution < -0.4 is 5.32 Å². The molecule has 1 saturated heterocycles. The fourth-order valence-electron chi connectivity index (χ4n) is 4.11. The number of nitrogens with one attached hydrogen (secondary N) is 1. The van der Waals surface area contributed by atoms with E-state index in [9.17, 15) is 0 Å². The topological polar surface area (TPSA) is 53.9 Å². The first-order valence-electron chi connectivity index (χ1n) is 9.37. The van der Waals surface area contributed by atoms with Crippen molar-refractivity contribution in [3.05, 3.63) is 53.7 Å². The lowest BCUT2D eigenvalue weighted by Gasteiger charge is -2.35. The fourth-order valence-corrected chi connectivity index (χ4v) is 4.28. The smallest absolute Gasteiger partial charge is 0.129 e. The Bertz CT molecular complexity index is 937. The van der Waals surface area contributed by atoms with Crippen molar-refractivity contribution in [1.29, 1.82) is 0 Å². The Hall–Kier alpha value is -2.08. The molecule has 6 heteroatoms. The maximum Gasteiger partial charge on any atom is 0.129 e. The highest BCUT2D eigenvalue weighted by Gasteiger charge is 2.29. The number of piperidine rings is 1. The molecular weight excluding hydrogens is 358 g/mol. The van der Waals surface area contributed by atoms with Crippen LogP contribution in [-0.2, 0) is 0 Å². The fraction of sp³-hybridized carbons (Fsp3) is 0.381. The van der Waals surface area contributed by atoms with E-state index < -0.39 is 0 Å². The van der Waals surface area contributed by atoms with Crippen molar-refractivity contribution in [1.82, 2.24) is 25.2 Å². The Labute approximate surface area is 164 Å². The molecule has 0 aromatic carbocycles. The van der Waals surface area contributed by atoms with Crippen LogP contribution in [0.15, 0.2) is 42.9 Å². The molecule has 5 nitrogen and oxygen atoms in total. The minimum Gasteiger partial charge on any atom is -0.317 e. The molecule has 3 aromatic rings. The zero-order chi connectivity index (χ0) is 18.8. The van der Waals surface area contributed by atoms with Gasteiger partial charge in [0.05, 0.1) is 17.4 Å². The Kier molecular flexibility index (Phi) is 5.34. The molecule has 1 N–H and O–H groups in total. The van der Waals surface area contributed by atoms with Crippen LogP contribution in [0.3, 0.4) is 0 Å². The van der Waals surface area contributed by atoms with Gasteiger partial charge in [0.15, 0.2) is 0 Å². The van der Waals surface area contributed by atoms with Crippen LogP contribution in [0.25, 0.3) is 22.0 Å². The van der Waals surface area contributed by atoms with Gasteiger partial charge in [0.25, 0.3) is 0 Å². The van der Waals surface area contributed by atoms with Crippen molar-refractivity contribution < 1.29 is 0 Å². The van der Waals surface area contributed by atoms with Crippen LogP contribution in [0.5, 0.6) is 0 Å². The predicted molar refractivity (Wildman–Crippen MR) is 110 cm³/mol. The maximum absolute atomic E-state index is 6.12. The molecule has 1 aliphatic heterocycles. The van der Waals surface area contributed by atoms with Gasteiger partial charge >= 0.3 is 0 Å². The van der Waals surface area contributed by atoms with Gasteiger partial charge in [-0.1, -0.05) is 11.6 Å². The summed E-state index contributed by atoms with van der Waals surface area (Å²) < 4.78 is 0. The van der Waals surface area contributed by atoms with E-state index in [4.69, 9.17) is 16.6 Å². The summed E-state index contributed by atoms with van der Waals surface area (Å²) in [6, 6.07) is 8.25. The van der Waals surface area contributed by atoms with Crippen molar-refractivity contribution in [2.45, 2.75) is 18.9 Å². The maximum atomic E-state index is 6.12. The number of hydrogen-bond acceptors (Lipinski definition) is 5. The van der Waals surface area contributed by atoms with Crippen molar-refractivity contribution in [3.63, 3.8) is 0 Å². The van der Waals surface area contributed by atoms with E-state index >= 15 is 0 Å². The number of halogens is 1. The summed E-state index contributed by atoms with van der Waals surface area (Å²) >= 11 is 6.12. The van der Waals surface area contributed by atoms with Gasteiger partial charge in [-0.05, 0) is 70.2 Å². The Morgan fingerprint density at radius 3 is 2.70 bits per heavy atom. The second-order valence-corrected chi connectivity index (χ2v) is 7.74. The van der Waals surface area contributed by atoms with Crippen LogP contribution in [0.4, 0.5) is 0 Å². The number of hydrogen-bond donors (Lipinski definition) is 1. The number of nitrogens with zero attached hydrogens (tertiary/aromatic N) is 4. The summed E-state index contributed by atoms with van der Waals surface area (Å²) in [5.74, 6) is 0.571. The molecule has 1 atom stereocenters. The lowest BCUT2D eigenvalue weighted by molar-refractivity contribution is 0.175. The largest absolute Gasteiger partial charge is 0.317 e. The molecule has 0 radical (unpaired) electrons. The van der Waals surface area contributed by atoms with Crippen molar-refractivity contribution in [3.8, 4) is 11.3 Å². The predicted octanol–water partition coefficient (Wildman–Crippen LogP) is 3.95. The molecule has 0 spiro atoms. The molecular formula is C21H24ClN5. The highest BCUT2D eigenvalue weighted by Crippen LogP contribution is 2.37. The van der Waals surface area contributed by atoms with E-state index in [-0.39, 0.29) is 6.04 Å². The zero-order valence-electron chi connectivity index (χ0n) is 15.7. The zero-order valence-corrected chi connectivity index (χ0v) is 16.4. The van der Waals surface area contributed by atoms with Crippen LogP contribution in [-0.4, -0.2) is 47.0 Å². The van der Waals surface area contributed by atoms with E-state index in [0.717, 1.165) is 48.3 Å². The van der Waals surface area contributed by atoms with Gasteiger partial charge in [0, 0.05) is 34.9 Å². The number of rotatable bonds is 4. The summed E-state index contributed by atoms with van der Waals surface area (Å²) in [6.45, 7) is 2.13. The third kappa shape index (κ3) is 3.81. The number of aromatic nitrogens is 3. The van der Waals surface area contributed by atoms with Gasteiger partial charge in [-0.2, -0.15) is 0 Å². The number of pyridine rings is 3. The summed E-state index contributed by atoms with van der Waals surface area (Å²) in [7, 11) is 4.30. The molecule has 27 heavy (non-hydrogen) atoms. The van der Waals surface area contributed by atoms with Crippen molar-refractivity contribution in [2.75, 3.05) is 27.2 Å². The minimum atomic E-state index is 0.259. The second kappa shape index (κ2) is 7.89. The van der Waals surface area contributed by atoms with Crippen molar-refractivity contribution >= 4 is 22.4 Å². The van der Waals surface area contributed by atoms with Gasteiger partial charge in [-0.25, -0.2) is 4.98 Å². The Morgan fingerprint density at radius 2 is 1.96 bits per heavy atom. The monoisotopic (exact) mass is 381 g/mol. The molecule has 3 aromatic heterocycles. The summed E-state index contributed by atoms with van der Waals surface area (Å²) in [4.78, 5) is 15.9. The lowest BCUT2D eigenvalue weighted by atomic mass is 9.86. The highest BCUT2D eigenvalue weighted by atomic mass is 35.5.